The Morgan fingerprint density at radius 2 is 1.87 bits per heavy atom. The Kier molecular flexibility index (Phi) is 7.91. The monoisotopic (exact) mass is 561 g/mol. The quantitative estimate of drug-likeness (QED) is 0.283. The van der Waals surface area contributed by atoms with Crippen LogP contribution in [0.1, 0.15) is 39.5 Å². The number of alkyl halides is 3. The summed E-state index contributed by atoms with van der Waals surface area (Å²) in [5.41, 5.74) is 5.26. The van der Waals surface area contributed by atoms with E-state index in [0.29, 0.717) is 39.0 Å². The number of primary amides is 1. The number of rotatable bonds is 9. The highest BCUT2D eigenvalue weighted by Gasteiger charge is 2.69. The minimum Gasteiger partial charge on any atom is -0.381 e. The molecular formula is C24H34ClF2N5O6. The lowest BCUT2D eigenvalue weighted by molar-refractivity contribution is -0.148. The molecule has 0 unspecified atom stereocenters. The third kappa shape index (κ3) is 5.58. The van der Waals surface area contributed by atoms with Crippen molar-refractivity contribution in [2.45, 2.75) is 63.0 Å². The Hall–Kier alpha value is -2.54. The number of carbonyl (C=O) groups is 5. The molecule has 6 atom stereocenters. The van der Waals surface area contributed by atoms with E-state index in [1.54, 1.807) is 0 Å². The molecule has 0 aromatic heterocycles. The fourth-order valence-electron chi connectivity index (χ4n) is 6.30. The van der Waals surface area contributed by atoms with E-state index < -0.39 is 59.0 Å². The van der Waals surface area contributed by atoms with Crippen LogP contribution in [0.15, 0.2) is 0 Å². The van der Waals surface area contributed by atoms with E-state index in [-0.39, 0.29) is 36.1 Å². The van der Waals surface area contributed by atoms with E-state index in [9.17, 15) is 32.8 Å². The number of amides is 5. The number of nitrogens with zero attached hydrogens (tertiary/aromatic N) is 1. The van der Waals surface area contributed by atoms with Gasteiger partial charge in [-0.05, 0) is 60.5 Å². The molecule has 11 nitrogen and oxygen atoms in total. The standard InChI is InChI=1S/C24H34ClF2N5O6/c1-23(2)13-10-32(21(36)16(11-4-7-38-8-5-11)31-22(37)24(25,26)27)17(15(13)23)20(35)30-14(18(28)33)9-12-3-6-29-19(12)34/h11-17H,3-10H2,1-2H3,(H2,28,33)(H,29,34)(H,30,35)(H,31,37)/t12-,13-,14-,15-,16-,17-/m0/s1. The van der Waals surface area contributed by atoms with Gasteiger partial charge in [-0.25, -0.2) is 0 Å². The number of likely N-dealkylation sites (tertiary alicyclic amines) is 1. The van der Waals surface area contributed by atoms with Crippen LogP contribution in [0.25, 0.3) is 0 Å². The van der Waals surface area contributed by atoms with E-state index in [1.807, 2.05) is 13.8 Å². The minimum absolute atomic E-state index is 0.0244. The highest BCUT2D eigenvalue weighted by molar-refractivity contribution is 6.32. The predicted molar refractivity (Wildman–Crippen MR) is 129 cm³/mol. The summed E-state index contributed by atoms with van der Waals surface area (Å²) in [4.78, 5) is 64.9. The summed E-state index contributed by atoms with van der Waals surface area (Å²) >= 11 is 4.91. The second-order valence-electron chi connectivity index (χ2n) is 11.3. The van der Waals surface area contributed by atoms with Crippen molar-refractivity contribution in [2.75, 3.05) is 26.3 Å². The number of carbonyl (C=O) groups excluding carboxylic acids is 5. The minimum atomic E-state index is -4.21. The zero-order valence-corrected chi connectivity index (χ0v) is 22.1. The van der Waals surface area contributed by atoms with E-state index >= 15 is 0 Å². The maximum atomic E-state index is 13.8. The lowest BCUT2D eigenvalue weighted by Crippen LogP contribution is -2.60. The van der Waals surface area contributed by atoms with Gasteiger partial charge in [-0.15, -0.1) is 0 Å². The highest BCUT2D eigenvalue weighted by Crippen LogP contribution is 2.65. The molecule has 3 saturated heterocycles. The molecule has 1 aliphatic carbocycles. The molecule has 0 aromatic rings. The summed E-state index contributed by atoms with van der Waals surface area (Å²) in [6, 6.07) is -3.46. The Labute approximate surface area is 223 Å². The van der Waals surface area contributed by atoms with Gasteiger partial charge in [0.1, 0.15) is 18.1 Å². The Morgan fingerprint density at radius 3 is 2.42 bits per heavy atom. The fraction of sp³-hybridized carbons (Fsp3) is 0.792. The number of ether oxygens (including phenoxy) is 1. The zero-order valence-electron chi connectivity index (χ0n) is 21.3. The molecule has 0 spiro atoms. The predicted octanol–water partition coefficient (Wildman–Crippen LogP) is -0.291. The topological polar surface area (TPSA) is 160 Å². The van der Waals surface area contributed by atoms with Crippen molar-refractivity contribution in [1.29, 1.82) is 0 Å². The number of halogens is 3. The molecule has 4 rings (SSSR count). The SMILES string of the molecule is CC1(C)[C@@H]2[C@@H](C(=O)N[C@@H](C[C@@H]3CCNC3=O)C(N)=O)N(C(=O)[C@@H](NC(=O)C(F)(F)Cl)C3CCOCC3)C[C@@H]21. The van der Waals surface area contributed by atoms with Gasteiger partial charge in [0.2, 0.25) is 23.6 Å². The van der Waals surface area contributed by atoms with Crippen molar-refractivity contribution >= 4 is 41.1 Å². The Balaban J connectivity index is 1.55. The number of fused-ring (bicyclic) bond motifs is 1. The molecule has 3 aliphatic heterocycles. The van der Waals surface area contributed by atoms with E-state index in [0.717, 1.165) is 0 Å². The van der Waals surface area contributed by atoms with Gasteiger partial charge in [0.05, 0.1) is 0 Å². The lowest BCUT2D eigenvalue weighted by Gasteiger charge is -2.37. The smallest absolute Gasteiger partial charge is 0.381 e. The van der Waals surface area contributed by atoms with Crippen molar-refractivity contribution in [3.05, 3.63) is 0 Å². The molecule has 0 radical (unpaired) electrons. The van der Waals surface area contributed by atoms with Crippen LogP contribution in [0, 0.1) is 29.1 Å². The molecule has 4 aliphatic rings. The second kappa shape index (κ2) is 10.6. The van der Waals surface area contributed by atoms with Gasteiger partial charge in [0, 0.05) is 32.2 Å². The van der Waals surface area contributed by atoms with E-state index in [4.69, 9.17) is 22.1 Å². The van der Waals surface area contributed by atoms with Crippen molar-refractivity contribution in [2.24, 2.45) is 34.8 Å². The lowest BCUT2D eigenvalue weighted by atomic mass is 9.89. The van der Waals surface area contributed by atoms with Crippen LogP contribution < -0.4 is 21.7 Å². The van der Waals surface area contributed by atoms with Crippen molar-refractivity contribution in [3.63, 3.8) is 0 Å². The van der Waals surface area contributed by atoms with Crippen LogP contribution in [0.4, 0.5) is 8.78 Å². The number of piperidine rings is 1. The molecule has 0 aromatic carbocycles. The first-order chi connectivity index (χ1) is 17.7. The zero-order chi connectivity index (χ0) is 28.0. The van der Waals surface area contributed by atoms with Crippen molar-refractivity contribution in [1.82, 2.24) is 20.9 Å². The highest BCUT2D eigenvalue weighted by atomic mass is 35.5. The summed E-state index contributed by atoms with van der Waals surface area (Å²) in [5.74, 6) is -5.35. The molecule has 212 valence electrons. The van der Waals surface area contributed by atoms with Gasteiger partial charge in [-0.3, -0.25) is 24.0 Å². The van der Waals surface area contributed by atoms with Gasteiger partial charge in [0.15, 0.2) is 0 Å². The first-order valence-corrected chi connectivity index (χ1v) is 13.2. The molecule has 5 N–H and O–H groups in total. The van der Waals surface area contributed by atoms with Crippen LogP contribution in [0.2, 0.25) is 0 Å². The molecule has 3 heterocycles. The molecule has 14 heteroatoms. The summed E-state index contributed by atoms with van der Waals surface area (Å²) in [6.07, 6.45) is 1.22. The molecule has 1 saturated carbocycles. The van der Waals surface area contributed by atoms with E-state index in [2.05, 4.69) is 16.0 Å². The summed E-state index contributed by atoms with van der Waals surface area (Å²) in [7, 11) is 0. The number of nitrogens with one attached hydrogen (secondary N) is 3. The van der Waals surface area contributed by atoms with E-state index in [1.165, 1.54) is 4.90 Å². The molecule has 5 amide bonds. The average molecular weight is 562 g/mol. The van der Waals surface area contributed by atoms with Gasteiger partial charge >= 0.3 is 11.3 Å². The van der Waals surface area contributed by atoms with Gasteiger partial charge in [0.25, 0.3) is 0 Å². The first-order valence-electron chi connectivity index (χ1n) is 12.9. The number of hydrogen-bond acceptors (Lipinski definition) is 6. The summed E-state index contributed by atoms with van der Waals surface area (Å²) < 4.78 is 32.4. The average Bonchev–Trinajstić information content (AvgIpc) is 3.20. The number of hydrogen-bond donors (Lipinski definition) is 4. The second-order valence-corrected chi connectivity index (χ2v) is 11.7. The maximum Gasteiger partial charge on any atom is 0.399 e. The van der Waals surface area contributed by atoms with Gasteiger partial charge in [-0.1, -0.05) is 13.8 Å². The third-order valence-corrected chi connectivity index (χ3v) is 8.82. The molecule has 4 fully saturated rings. The van der Waals surface area contributed by atoms with Crippen LogP contribution in [0.3, 0.4) is 0 Å². The van der Waals surface area contributed by atoms with Crippen LogP contribution >= 0.6 is 11.6 Å². The summed E-state index contributed by atoms with van der Waals surface area (Å²) in [6.45, 7) is 5.16. The Bertz CT molecular complexity index is 1000. The van der Waals surface area contributed by atoms with Crippen molar-refractivity contribution in [3.8, 4) is 0 Å². The van der Waals surface area contributed by atoms with Crippen LogP contribution in [0.5, 0.6) is 0 Å². The van der Waals surface area contributed by atoms with Crippen molar-refractivity contribution < 1.29 is 37.5 Å². The first kappa shape index (κ1) is 28.5. The van der Waals surface area contributed by atoms with Crippen LogP contribution in [-0.2, 0) is 28.7 Å². The van der Waals surface area contributed by atoms with Crippen LogP contribution in [-0.4, -0.2) is 84.2 Å². The third-order valence-electron chi connectivity index (χ3n) is 8.65. The Morgan fingerprint density at radius 1 is 1.21 bits per heavy atom. The molecule has 38 heavy (non-hydrogen) atoms. The molecular weight excluding hydrogens is 528 g/mol. The molecule has 0 bridgehead atoms. The normalized spacial score (nSPS) is 30.1. The summed E-state index contributed by atoms with van der Waals surface area (Å²) in [5, 5.41) is 3.20. The largest absolute Gasteiger partial charge is 0.399 e. The number of nitrogens with two attached hydrogens (primary N) is 1. The van der Waals surface area contributed by atoms with Gasteiger partial charge in [-0.2, -0.15) is 8.78 Å². The van der Waals surface area contributed by atoms with Gasteiger partial charge < -0.3 is 31.3 Å². The fourth-order valence-corrected chi connectivity index (χ4v) is 6.36. The maximum absolute atomic E-state index is 13.8.